The highest BCUT2D eigenvalue weighted by Gasteiger charge is 2.33. The lowest BCUT2D eigenvalue weighted by Crippen LogP contribution is -2.47. The van der Waals surface area contributed by atoms with Crippen LogP contribution in [0.2, 0.25) is 0 Å². The third-order valence-electron chi connectivity index (χ3n) is 3.02. The van der Waals surface area contributed by atoms with Gasteiger partial charge in [0.2, 0.25) is 11.8 Å². The van der Waals surface area contributed by atoms with Gasteiger partial charge in [-0.15, -0.1) is 0 Å². The molecular weight excluding hydrogens is 288 g/mol. The highest BCUT2D eigenvalue weighted by molar-refractivity contribution is 7.91. The lowest BCUT2D eigenvalue weighted by Gasteiger charge is -2.33. The molecule has 10 nitrogen and oxygen atoms in total. The number of hydrogen-bond donors (Lipinski definition) is 2. The van der Waals surface area contributed by atoms with Crippen LogP contribution >= 0.6 is 0 Å². The number of aromatic nitrogens is 2. The van der Waals surface area contributed by atoms with Crippen LogP contribution in [0.5, 0.6) is 0 Å². The molecule has 0 bridgehead atoms. The summed E-state index contributed by atoms with van der Waals surface area (Å²) in [6, 6.07) is -0.409. The summed E-state index contributed by atoms with van der Waals surface area (Å²) in [6.45, 7) is 1.82. The Bertz CT molecular complexity index is 633. The van der Waals surface area contributed by atoms with Gasteiger partial charge in [0.15, 0.2) is 9.84 Å². The molecule has 1 saturated heterocycles. The number of sulfone groups is 1. The molecule has 1 aromatic heterocycles. The second-order valence-corrected chi connectivity index (χ2v) is 6.69. The smallest absolute Gasteiger partial charge is 0.329 e. The summed E-state index contributed by atoms with van der Waals surface area (Å²) in [5.74, 6) is 5.16. The Hall–Kier alpha value is -2.01. The summed E-state index contributed by atoms with van der Waals surface area (Å²) < 4.78 is 23.1. The average Bonchev–Trinajstić information content (AvgIpc) is 2.36. The molecule has 0 radical (unpaired) electrons. The Morgan fingerprint density at radius 2 is 2.30 bits per heavy atom. The molecule has 110 valence electrons. The van der Waals surface area contributed by atoms with E-state index in [0.29, 0.717) is 0 Å². The molecule has 1 unspecified atom stereocenters. The van der Waals surface area contributed by atoms with E-state index in [4.69, 9.17) is 5.84 Å². The van der Waals surface area contributed by atoms with Gasteiger partial charge in [-0.1, -0.05) is 0 Å². The minimum Gasteiger partial charge on any atom is -0.346 e. The number of nitrogen functional groups attached to an aromatic ring is 1. The van der Waals surface area contributed by atoms with E-state index in [1.165, 1.54) is 0 Å². The minimum absolute atomic E-state index is 0.0335. The standard InChI is InChI=1S/C9H14N6O4S/c1-6-5-20(18,19)3-2-14(6)8-7(15(16)17)4-11-9(12-8)13-10/h4,6H,2-3,5,10H2,1H3,(H,11,12,13). The number of nitrogens with zero attached hydrogens (tertiary/aromatic N) is 4. The Kier molecular flexibility index (Phi) is 3.72. The molecule has 2 heterocycles. The maximum absolute atomic E-state index is 11.6. The first-order valence-electron chi connectivity index (χ1n) is 5.79. The molecule has 1 aliphatic rings. The zero-order valence-electron chi connectivity index (χ0n) is 10.7. The van der Waals surface area contributed by atoms with E-state index in [1.807, 2.05) is 0 Å². The molecule has 1 fully saturated rings. The van der Waals surface area contributed by atoms with Crippen LogP contribution in [0.3, 0.4) is 0 Å². The van der Waals surface area contributed by atoms with E-state index in [0.717, 1.165) is 6.20 Å². The van der Waals surface area contributed by atoms with Crippen molar-refractivity contribution in [1.29, 1.82) is 0 Å². The molecular formula is C9H14N6O4S. The Morgan fingerprint density at radius 3 is 2.85 bits per heavy atom. The van der Waals surface area contributed by atoms with Crippen molar-refractivity contribution in [2.75, 3.05) is 28.4 Å². The lowest BCUT2D eigenvalue weighted by molar-refractivity contribution is -0.384. The Balaban J connectivity index is 2.43. The molecule has 11 heteroatoms. The highest BCUT2D eigenvalue weighted by atomic mass is 32.2. The predicted octanol–water partition coefficient (Wildman–Crippen LogP) is -0.706. The molecule has 0 spiro atoms. The average molecular weight is 302 g/mol. The van der Waals surface area contributed by atoms with Crippen LogP contribution in [0.4, 0.5) is 17.5 Å². The first-order chi connectivity index (χ1) is 9.34. The van der Waals surface area contributed by atoms with Crippen LogP contribution in [-0.2, 0) is 9.84 Å². The van der Waals surface area contributed by atoms with Gasteiger partial charge < -0.3 is 4.90 Å². The maximum Gasteiger partial charge on any atom is 0.329 e. The summed E-state index contributed by atoms with van der Waals surface area (Å²) >= 11 is 0. The molecule has 1 atom stereocenters. The van der Waals surface area contributed by atoms with Crippen molar-refractivity contribution in [3.8, 4) is 0 Å². The molecule has 3 N–H and O–H groups in total. The van der Waals surface area contributed by atoms with E-state index >= 15 is 0 Å². The molecule has 0 amide bonds. The third kappa shape index (κ3) is 2.77. The van der Waals surface area contributed by atoms with Crippen LogP contribution < -0.4 is 16.2 Å². The fourth-order valence-electron chi connectivity index (χ4n) is 2.09. The fourth-order valence-corrected chi connectivity index (χ4v) is 3.65. The number of nitro groups is 1. The van der Waals surface area contributed by atoms with Gasteiger partial charge in [0.25, 0.3) is 0 Å². The quantitative estimate of drug-likeness (QED) is 0.420. The van der Waals surface area contributed by atoms with Gasteiger partial charge in [-0.2, -0.15) is 4.98 Å². The van der Waals surface area contributed by atoms with Crippen LogP contribution in [0.15, 0.2) is 6.20 Å². The molecule has 2 rings (SSSR count). The number of hydrogen-bond acceptors (Lipinski definition) is 9. The summed E-state index contributed by atoms with van der Waals surface area (Å²) in [5.41, 5.74) is 1.93. The normalized spacial score (nSPS) is 21.5. The van der Waals surface area contributed by atoms with Gasteiger partial charge in [0.1, 0.15) is 6.20 Å². The van der Waals surface area contributed by atoms with Gasteiger partial charge in [-0.05, 0) is 6.92 Å². The maximum atomic E-state index is 11.6. The summed E-state index contributed by atoms with van der Waals surface area (Å²) in [5, 5.41) is 11.0. The van der Waals surface area contributed by atoms with Gasteiger partial charge >= 0.3 is 5.69 Å². The largest absolute Gasteiger partial charge is 0.346 e. The van der Waals surface area contributed by atoms with Crippen LogP contribution in [0.1, 0.15) is 6.92 Å². The van der Waals surface area contributed by atoms with Gasteiger partial charge in [0, 0.05) is 12.6 Å². The predicted molar refractivity (Wildman–Crippen MR) is 72.0 cm³/mol. The zero-order chi connectivity index (χ0) is 14.9. The van der Waals surface area contributed by atoms with Crippen LogP contribution in [0, 0.1) is 10.1 Å². The number of anilines is 2. The molecule has 0 aromatic carbocycles. The van der Waals surface area contributed by atoms with E-state index in [2.05, 4.69) is 15.4 Å². The number of rotatable bonds is 3. The molecule has 0 aliphatic carbocycles. The third-order valence-corrected chi connectivity index (χ3v) is 4.81. The SMILES string of the molecule is CC1CS(=O)(=O)CCN1c1nc(NN)ncc1[N+](=O)[O-]. The van der Waals surface area contributed by atoms with E-state index in [-0.39, 0.29) is 35.5 Å². The summed E-state index contributed by atoms with van der Waals surface area (Å²) in [7, 11) is -3.12. The van der Waals surface area contributed by atoms with Gasteiger partial charge in [0.05, 0.1) is 16.4 Å². The topological polar surface area (TPSA) is 144 Å². The molecule has 1 aromatic rings. The monoisotopic (exact) mass is 302 g/mol. The van der Waals surface area contributed by atoms with E-state index in [1.54, 1.807) is 11.8 Å². The molecule has 0 saturated carbocycles. The van der Waals surface area contributed by atoms with E-state index < -0.39 is 20.8 Å². The highest BCUT2D eigenvalue weighted by Crippen LogP contribution is 2.29. The van der Waals surface area contributed by atoms with Crippen LogP contribution in [-0.4, -0.2) is 47.4 Å². The minimum atomic E-state index is -3.12. The van der Waals surface area contributed by atoms with E-state index in [9.17, 15) is 18.5 Å². The van der Waals surface area contributed by atoms with Crippen molar-refractivity contribution in [1.82, 2.24) is 9.97 Å². The lowest BCUT2D eigenvalue weighted by atomic mass is 10.3. The van der Waals surface area contributed by atoms with Crippen molar-refractivity contribution in [2.45, 2.75) is 13.0 Å². The fraction of sp³-hybridized carbons (Fsp3) is 0.556. The first-order valence-corrected chi connectivity index (χ1v) is 7.61. The zero-order valence-corrected chi connectivity index (χ0v) is 11.5. The molecule has 1 aliphatic heterocycles. The second kappa shape index (κ2) is 5.17. The summed E-state index contributed by atoms with van der Waals surface area (Å²) in [6.07, 6.45) is 1.05. The van der Waals surface area contributed by atoms with Gasteiger partial charge in [-0.25, -0.2) is 19.2 Å². The number of nitrogens with two attached hydrogens (primary N) is 1. The van der Waals surface area contributed by atoms with Crippen molar-refractivity contribution < 1.29 is 13.3 Å². The Morgan fingerprint density at radius 1 is 1.60 bits per heavy atom. The second-order valence-electron chi connectivity index (χ2n) is 4.46. The van der Waals surface area contributed by atoms with Crippen molar-refractivity contribution in [3.05, 3.63) is 16.3 Å². The van der Waals surface area contributed by atoms with Gasteiger partial charge in [-0.3, -0.25) is 15.5 Å². The number of hydrazine groups is 1. The first kappa shape index (κ1) is 14.4. The number of nitrogens with one attached hydrogen (secondary N) is 1. The Labute approximate surface area is 115 Å². The van der Waals surface area contributed by atoms with Crippen molar-refractivity contribution in [3.63, 3.8) is 0 Å². The van der Waals surface area contributed by atoms with Crippen LogP contribution in [0.25, 0.3) is 0 Å². The summed E-state index contributed by atoms with van der Waals surface area (Å²) in [4.78, 5) is 19.7. The molecule has 20 heavy (non-hydrogen) atoms. The van der Waals surface area contributed by atoms with Crippen molar-refractivity contribution >= 4 is 27.3 Å². The van der Waals surface area contributed by atoms with Crippen molar-refractivity contribution in [2.24, 2.45) is 5.84 Å².